The van der Waals surface area contributed by atoms with Crippen molar-refractivity contribution in [1.29, 1.82) is 0 Å². The Balaban J connectivity index is 0.00000192. The average molecular weight is 360 g/mol. The van der Waals surface area contributed by atoms with E-state index >= 15 is 0 Å². The molecule has 2 unspecified atom stereocenters. The van der Waals surface area contributed by atoms with Gasteiger partial charge in [0.1, 0.15) is 0 Å². The van der Waals surface area contributed by atoms with Crippen LogP contribution in [0.1, 0.15) is 29.6 Å². The molecule has 0 spiro atoms. The van der Waals surface area contributed by atoms with Gasteiger partial charge >= 0.3 is 0 Å². The first-order chi connectivity index (χ1) is 10.5. The van der Waals surface area contributed by atoms with Gasteiger partial charge in [0.25, 0.3) is 5.91 Å². The van der Waals surface area contributed by atoms with Crippen molar-refractivity contribution in [3.05, 3.63) is 29.8 Å². The second-order valence-electron chi connectivity index (χ2n) is 6.01. The summed E-state index contributed by atoms with van der Waals surface area (Å²) < 4.78 is 25.4. The number of carbonyl (C=O) groups is 1. The van der Waals surface area contributed by atoms with Gasteiger partial charge in [-0.15, -0.1) is 12.4 Å². The zero-order valence-electron chi connectivity index (χ0n) is 13.0. The maximum Gasteiger partial charge on any atom is 0.256 e. The summed E-state index contributed by atoms with van der Waals surface area (Å²) in [7, 11) is -3.42. The normalized spacial score (nSPS) is 23.8. The first-order valence-corrected chi connectivity index (χ1v) is 9.45. The molecule has 2 saturated heterocycles. The second kappa shape index (κ2) is 7.07. The van der Waals surface area contributed by atoms with E-state index in [1.165, 1.54) is 0 Å². The SMILES string of the molecule is CS(=O)(=O)Nc1ccccc1C(=O)N1C2CCNCC1CC2.Cl. The molecule has 6 nitrogen and oxygen atoms in total. The number of rotatable bonds is 3. The van der Waals surface area contributed by atoms with Crippen LogP contribution >= 0.6 is 12.4 Å². The van der Waals surface area contributed by atoms with E-state index in [1.54, 1.807) is 24.3 Å². The lowest BCUT2D eigenvalue weighted by Crippen LogP contribution is -2.42. The van der Waals surface area contributed by atoms with Crippen molar-refractivity contribution in [1.82, 2.24) is 10.2 Å². The summed E-state index contributed by atoms with van der Waals surface area (Å²) in [6.45, 7) is 1.73. The van der Waals surface area contributed by atoms with Gasteiger partial charge < -0.3 is 10.2 Å². The number of para-hydroxylation sites is 1. The quantitative estimate of drug-likeness (QED) is 0.856. The fourth-order valence-electron chi connectivity index (χ4n) is 3.41. The van der Waals surface area contributed by atoms with Gasteiger partial charge in [-0.05, 0) is 37.9 Å². The van der Waals surface area contributed by atoms with Gasteiger partial charge in [-0.25, -0.2) is 8.42 Å². The third kappa shape index (κ3) is 3.97. The fraction of sp³-hybridized carbons (Fsp3) is 0.533. The molecule has 1 aromatic rings. The summed E-state index contributed by atoms with van der Waals surface area (Å²) in [5.74, 6) is -0.0806. The van der Waals surface area contributed by atoms with Crippen LogP contribution in [-0.4, -0.2) is 50.7 Å². The Labute approximate surface area is 143 Å². The number of nitrogens with one attached hydrogen (secondary N) is 2. The highest BCUT2D eigenvalue weighted by Gasteiger charge is 2.38. The van der Waals surface area contributed by atoms with Gasteiger partial charge in [0.05, 0.1) is 17.5 Å². The van der Waals surface area contributed by atoms with Crippen LogP contribution in [0.15, 0.2) is 24.3 Å². The number of hydrogen-bond donors (Lipinski definition) is 2. The summed E-state index contributed by atoms with van der Waals surface area (Å²) in [5, 5.41) is 3.36. The maximum atomic E-state index is 13.0. The number of sulfonamides is 1. The Hall–Kier alpha value is -1.31. The van der Waals surface area contributed by atoms with Gasteiger partial charge in [0, 0.05) is 18.6 Å². The van der Waals surface area contributed by atoms with E-state index in [-0.39, 0.29) is 30.4 Å². The van der Waals surface area contributed by atoms with E-state index in [0.717, 1.165) is 38.6 Å². The van der Waals surface area contributed by atoms with Crippen molar-refractivity contribution in [3.63, 3.8) is 0 Å². The highest BCUT2D eigenvalue weighted by atomic mass is 35.5. The Bertz CT molecular complexity index is 666. The monoisotopic (exact) mass is 359 g/mol. The minimum Gasteiger partial charge on any atom is -0.331 e. The van der Waals surface area contributed by atoms with Gasteiger partial charge in [-0.2, -0.15) is 0 Å². The van der Waals surface area contributed by atoms with E-state index in [1.807, 2.05) is 4.90 Å². The predicted octanol–water partition coefficient (Wildman–Crippen LogP) is 1.45. The summed E-state index contributed by atoms with van der Waals surface area (Å²) in [6, 6.07) is 7.26. The van der Waals surface area contributed by atoms with Gasteiger partial charge in [-0.1, -0.05) is 12.1 Å². The zero-order valence-corrected chi connectivity index (χ0v) is 14.6. The number of benzene rings is 1. The highest BCUT2D eigenvalue weighted by molar-refractivity contribution is 7.92. The molecule has 1 aromatic carbocycles. The molecule has 1 amide bonds. The van der Waals surface area contributed by atoms with Crippen LogP contribution in [0, 0.1) is 0 Å². The smallest absolute Gasteiger partial charge is 0.256 e. The third-order valence-electron chi connectivity index (χ3n) is 4.34. The molecule has 2 aliphatic heterocycles. The molecule has 2 aliphatic rings. The molecule has 2 fully saturated rings. The summed E-state index contributed by atoms with van der Waals surface area (Å²) >= 11 is 0. The summed E-state index contributed by atoms with van der Waals surface area (Å²) in [4.78, 5) is 14.9. The maximum absolute atomic E-state index is 13.0. The highest BCUT2D eigenvalue weighted by Crippen LogP contribution is 2.31. The van der Waals surface area contributed by atoms with Crippen molar-refractivity contribution >= 4 is 34.0 Å². The van der Waals surface area contributed by atoms with Crippen LogP contribution in [0.4, 0.5) is 5.69 Å². The molecule has 8 heteroatoms. The first-order valence-electron chi connectivity index (χ1n) is 7.56. The fourth-order valence-corrected chi connectivity index (χ4v) is 3.99. The largest absolute Gasteiger partial charge is 0.331 e. The first kappa shape index (κ1) is 18.0. The predicted molar refractivity (Wildman–Crippen MR) is 92.6 cm³/mol. The molecular weight excluding hydrogens is 338 g/mol. The molecule has 3 rings (SSSR count). The number of halogens is 1. The van der Waals surface area contributed by atoms with E-state index < -0.39 is 10.0 Å². The van der Waals surface area contributed by atoms with E-state index in [9.17, 15) is 13.2 Å². The lowest BCUT2D eigenvalue weighted by atomic mass is 10.1. The Morgan fingerprint density at radius 2 is 1.91 bits per heavy atom. The minimum atomic E-state index is -3.42. The van der Waals surface area contributed by atoms with E-state index in [0.29, 0.717) is 11.3 Å². The number of anilines is 1. The molecule has 2 bridgehead atoms. The average Bonchev–Trinajstić information content (AvgIpc) is 2.70. The molecule has 0 radical (unpaired) electrons. The topological polar surface area (TPSA) is 78.5 Å². The van der Waals surface area contributed by atoms with E-state index in [4.69, 9.17) is 0 Å². The second-order valence-corrected chi connectivity index (χ2v) is 7.76. The third-order valence-corrected chi connectivity index (χ3v) is 4.93. The van der Waals surface area contributed by atoms with Crippen LogP contribution in [0.25, 0.3) is 0 Å². The van der Waals surface area contributed by atoms with Crippen LogP contribution in [-0.2, 0) is 10.0 Å². The molecular formula is C15H22ClN3O3S. The molecule has 0 saturated carbocycles. The number of amides is 1. The van der Waals surface area contributed by atoms with E-state index in [2.05, 4.69) is 10.0 Å². The number of nitrogens with zero attached hydrogens (tertiary/aromatic N) is 1. The minimum absolute atomic E-state index is 0. The summed E-state index contributed by atoms with van der Waals surface area (Å²) in [6.07, 6.45) is 4.07. The molecule has 2 atom stereocenters. The lowest BCUT2D eigenvalue weighted by molar-refractivity contribution is 0.0681. The van der Waals surface area contributed by atoms with Crippen molar-refractivity contribution < 1.29 is 13.2 Å². The van der Waals surface area contributed by atoms with Crippen molar-refractivity contribution in [2.24, 2.45) is 0 Å². The van der Waals surface area contributed by atoms with Crippen LogP contribution < -0.4 is 10.0 Å². The number of carbonyl (C=O) groups excluding carboxylic acids is 1. The molecule has 2 heterocycles. The van der Waals surface area contributed by atoms with Crippen molar-refractivity contribution in [3.8, 4) is 0 Å². The van der Waals surface area contributed by atoms with Crippen LogP contribution in [0.3, 0.4) is 0 Å². The Morgan fingerprint density at radius 1 is 1.22 bits per heavy atom. The number of fused-ring (bicyclic) bond motifs is 2. The van der Waals surface area contributed by atoms with Gasteiger partial charge in [0.15, 0.2) is 0 Å². The van der Waals surface area contributed by atoms with Crippen molar-refractivity contribution in [2.45, 2.75) is 31.3 Å². The Morgan fingerprint density at radius 3 is 2.65 bits per heavy atom. The molecule has 128 valence electrons. The number of hydrogen-bond acceptors (Lipinski definition) is 4. The van der Waals surface area contributed by atoms with Gasteiger partial charge in [0.2, 0.25) is 10.0 Å². The van der Waals surface area contributed by atoms with Crippen molar-refractivity contribution in [2.75, 3.05) is 24.1 Å². The molecule has 2 N–H and O–H groups in total. The standard InChI is InChI=1S/C15H21N3O3S.ClH/c1-22(20,21)17-14-5-3-2-4-13(14)15(19)18-11-6-7-12(18)10-16-9-8-11;/h2-5,11-12,16-17H,6-10H2,1H3;1H. The van der Waals surface area contributed by atoms with Gasteiger partial charge in [-0.3, -0.25) is 9.52 Å². The van der Waals surface area contributed by atoms with Crippen LogP contribution in [0.2, 0.25) is 0 Å². The zero-order chi connectivity index (χ0) is 15.7. The summed E-state index contributed by atoms with van der Waals surface area (Å²) in [5.41, 5.74) is 0.776. The molecule has 23 heavy (non-hydrogen) atoms. The van der Waals surface area contributed by atoms with Crippen LogP contribution in [0.5, 0.6) is 0 Å². The lowest BCUT2D eigenvalue weighted by Gasteiger charge is -2.28. The molecule has 0 aromatic heterocycles. The Kier molecular flexibility index (Phi) is 5.54. The molecule has 0 aliphatic carbocycles.